The fraction of sp³-hybridized carbons (Fsp3) is 0.200. The summed E-state index contributed by atoms with van der Waals surface area (Å²) in [7, 11) is 0. The standard InChI is InChI=1S/C18H12F3N5O.C2H6/c1-9-11(19)4-10(5-12(9)20)6-14-17-22-2-3-26(17)8-15(24-14)16-23-7-13(21)18(27)25-16;1-2/h2-5,7-8H,6H2,1H3,(H,23,25,27);1-2H3. The molecule has 4 aromatic rings. The van der Waals surface area contributed by atoms with Crippen LogP contribution < -0.4 is 5.56 Å². The summed E-state index contributed by atoms with van der Waals surface area (Å²) in [5.41, 5.74) is 0.583. The SMILES string of the molecule is CC.Cc1c(F)cc(Cc2nc(-c3ncc(F)c(=O)[nH]3)cn3ccnc23)cc1F. The first-order chi connectivity index (χ1) is 13.9. The molecule has 0 saturated heterocycles. The summed E-state index contributed by atoms with van der Waals surface area (Å²) in [4.78, 5) is 26.3. The number of H-pyrrole nitrogens is 1. The van der Waals surface area contributed by atoms with Gasteiger partial charge in [0.2, 0.25) is 5.82 Å². The molecule has 0 unspecified atom stereocenters. The lowest BCUT2D eigenvalue weighted by molar-refractivity contribution is 0.565. The van der Waals surface area contributed by atoms with Crippen molar-refractivity contribution in [3.8, 4) is 11.5 Å². The fourth-order valence-electron chi connectivity index (χ4n) is 2.73. The van der Waals surface area contributed by atoms with Crippen LogP contribution in [0.4, 0.5) is 13.2 Å². The molecule has 9 heteroatoms. The molecule has 1 N–H and O–H groups in total. The molecule has 0 aliphatic heterocycles. The Balaban J connectivity index is 0.00000117. The van der Waals surface area contributed by atoms with Crippen molar-refractivity contribution < 1.29 is 13.2 Å². The predicted octanol–water partition coefficient (Wildman–Crippen LogP) is 3.82. The van der Waals surface area contributed by atoms with Gasteiger partial charge in [0, 0.05) is 30.6 Å². The van der Waals surface area contributed by atoms with E-state index in [9.17, 15) is 18.0 Å². The third-order valence-electron chi connectivity index (χ3n) is 4.15. The van der Waals surface area contributed by atoms with Crippen molar-refractivity contribution >= 4 is 5.65 Å². The molecular weight excluding hydrogens is 383 g/mol. The quantitative estimate of drug-likeness (QED) is 0.566. The Bertz CT molecular complexity index is 1210. The molecule has 3 heterocycles. The van der Waals surface area contributed by atoms with Crippen LogP contribution >= 0.6 is 0 Å². The molecular formula is C20H18F3N5O. The Labute approximate surface area is 164 Å². The highest BCUT2D eigenvalue weighted by Crippen LogP contribution is 2.20. The van der Waals surface area contributed by atoms with Gasteiger partial charge in [-0.3, -0.25) is 4.79 Å². The average Bonchev–Trinajstić information content (AvgIpc) is 3.19. The minimum Gasteiger partial charge on any atom is -0.303 e. The molecule has 0 fully saturated rings. The van der Waals surface area contributed by atoms with Gasteiger partial charge in [0.15, 0.2) is 11.5 Å². The Morgan fingerprint density at radius 3 is 2.41 bits per heavy atom. The van der Waals surface area contributed by atoms with E-state index in [0.717, 1.165) is 6.20 Å². The molecule has 1 aromatic carbocycles. The molecule has 0 aliphatic rings. The number of nitrogens with zero attached hydrogens (tertiary/aromatic N) is 4. The molecule has 4 rings (SSSR count). The van der Waals surface area contributed by atoms with Crippen molar-refractivity contribution in [1.82, 2.24) is 24.3 Å². The summed E-state index contributed by atoms with van der Waals surface area (Å²) >= 11 is 0. The van der Waals surface area contributed by atoms with Crippen LogP contribution in [0, 0.1) is 24.4 Å². The van der Waals surface area contributed by atoms with Crippen LogP contribution in [-0.4, -0.2) is 24.3 Å². The summed E-state index contributed by atoms with van der Waals surface area (Å²) in [6.45, 7) is 5.36. The Kier molecular flexibility index (Phi) is 5.76. The second kappa shape index (κ2) is 8.26. The molecule has 150 valence electrons. The van der Waals surface area contributed by atoms with Gasteiger partial charge in [0.1, 0.15) is 17.3 Å². The highest BCUT2D eigenvalue weighted by molar-refractivity contribution is 5.55. The van der Waals surface area contributed by atoms with Gasteiger partial charge in [-0.1, -0.05) is 13.8 Å². The molecule has 3 aromatic heterocycles. The van der Waals surface area contributed by atoms with Gasteiger partial charge in [0.05, 0.1) is 11.9 Å². The van der Waals surface area contributed by atoms with Crippen LogP contribution in [0.25, 0.3) is 17.2 Å². The van der Waals surface area contributed by atoms with Crippen molar-refractivity contribution in [2.75, 3.05) is 0 Å². The number of benzene rings is 1. The van der Waals surface area contributed by atoms with E-state index in [-0.39, 0.29) is 23.5 Å². The van der Waals surface area contributed by atoms with E-state index in [0.29, 0.717) is 16.9 Å². The number of halogens is 3. The number of hydrogen-bond donors (Lipinski definition) is 1. The number of hydrogen-bond acceptors (Lipinski definition) is 4. The van der Waals surface area contributed by atoms with Gasteiger partial charge in [-0.2, -0.15) is 4.39 Å². The maximum absolute atomic E-state index is 13.9. The van der Waals surface area contributed by atoms with E-state index in [4.69, 9.17) is 0 Å². The zero-order chi connectivity index (χ0) is 21.1. The number of imidazole rings is 1. The van der Waals surface area contributed by atoms with E-state index in [1.165, 1.54) is 19.1 Å². The monoisotopic (exact) mass is 401 g/mol. The van der Waals surface area contributed by atoms with Crippen LogP contribution in [0.2, 0.25) is 0 Å². The third-order valence-corrected chi connectivity index (χ3v) is 4.15. The van der Waals surface area contributed by atoms with Crippen molar-refractivity contribution in [2.24, 2.45) is 0 Å². The normalized spacial score (nSPS) is 10.7. The van der Waals surface area contributed by atoms with Crippen molar-refractivity contribution in [2.45, 2.75) is 27.2 Å². The van der Waals surface area contributed by atoms with E-state index in [1.54, 1.807) is 23.0 Å². The van der Waals surface area contributed by atoms with Crippen LogP contribution in [0.15, 0.2) is 41.7 Å². The Morgan fingerprint density at radius 2 is 1.76 bits per heavy atom. The average molecular weight is 401 g/mol. The highest BCUT2D eigenvalue weighted by Gasteiger charge is 2.14. The Hall–Kier alpha value is -3.49. The van der Waals surface area contributed by atoms with Gasteiger partial charge in [-0.25, -0.2) is 23.7 Å². The summed E-state index contributed by atoms with van der Waals surface area (Å²) in [5, 5.41) is 0. The van der Waals surface area contributed by atoms with Crippen LogP contribution in [0.3, 0.4) is 0 Å². The zero-order valence-corrected chi connectivity index (χ0v) is 16.0. The first kappa shape index (κ1) is 20.2. The number of rotatable bonds is 3. The molecule has 0 radical (unpaired) electrons. The molecule has 0 aliphatic carbocycles. The summed E-state index contributed by atoms with van der Waals surface area (Å²) in [5.74, 6) is -2.23. The third kappa shape index (κ3) is 4.03. The summed E-state index contributed by atoms with van der Waals surface area (Å²) in [6, 6.07) is 2.48. The van der Waals surface area contributed by atoms with E-state index in [1.807, 2.05) is 13.8 Å². The van der Waals surface area contributed by atoms with Crippen LogP contribution in [0.5, 0.6) is 0 Å². The smallest absolute Gasteiger partial charge is 0.287 e. The van der Waals surface area contributed by atoms with Gasteiger partial charge < -0.3 is 9.38 Å². The van der Waals surface area contributed by atoms with Crippen molar-refractivity contribution in [3.05, 3.63) is 81.5 Å². The van der Waals surface area contributed by atoms with Gasteiger partial charge in [-0.05, 0) is 24.6 Å². The minimum atomic E-state index is -1.01. The molecule has 6 nitrogen and oxygen atoms in total. The number of aromatic amines is 1. The topological polar surface area (TPSA) is 75.9 Å². The molecule has 0 amide bonds. The number of fused-ring (bicyclic) bond motifs is 1. The maximum atomic E-state index is 13.9. The van der Waals surface area contributed by atoms with Gasteiger partial charge in [0.25, 0.3) is 5.56 Å². The minimum absolute atomic E-state index is 0.0560. The van der Waals surface area contributed by atoms with Crippen LogP contribution in [-0.2, 0) is 6.42 Å². The summed E-state index contributed by atoms with van der Waals surface area (Å²) < 4.78 is 42.5. The second-order valence-corrected chi connectivity index (χ2v) is 6.00. The maximum Gasteiger partial charge on any atom is 0.287 e. The van der Waals surface area contributed by atoms with Gasteiger partial charge >= 0.3 is 0 Å². The zero-order valence-electron chi connectivity index (χ0n) is 16.0. The lowest BCUT2D eigenvalue weighted by Crippen LogP contribution is -2.13. The first-order valence-electron chi connectivity index (χ1n) is 8.94. The van der Waals surface area contributed by atoms with Crippen molar-refractivity contribution in [3.63, 3.8) is 0 Å². The number of nitrogens with one attached hydrogen (secondary N) is 1. The lowest BCUT2D eigenvalue weighted by Gasteiger charge is -2.09. The molecule has 0 saturated carbocycles. The molecule has 0 spiro atoms. The molecule has 0 bridgehead atoms. The highest BCUT2D eigenvalue weighted by atomic mass is 19.1. The predicted molar refractivity (Wildman–Crippen MR) is 102 cm³/mol. The molecule has 29 heavy (non-hydrogen) atoms. The fourth-order valence-corrected chi connectivity index (χ4v) is 2.73. The largest absolute Gasteiger partial charge is 0.303 e. The number of aromatic nitrogens is 5. The second-order valence-electron chi connectivity index (χ2n) is 6.00. The molecule has 0 atom stereocenters. The lowest BCUT2D eigenvalue weighted by atomic mass is 10.1. The summed E-state index contributed by atoms with van der Waals surface area (Å²) in [6.07, 6.45) is 5.67. The van der Waals surface area contributed by atoms with Gasteiger partial charge in [-0.15, -0.1) is 0 Å². The van der Waals surface area contributed by atoms with E-state index < -0.39 is 23.0 Å². The Morgan fingerprint density at radius 1 is 1.07 bits per heavy atom. The van der Waals surface area contributed by atoms with Crippen LogP contribution in [0.1, 0.15) is 30.7 Å². The van der Waals surface area contributed by atoms with E-state index in [2.05, 4.69) is 19.9 Å². The van der Waals surface area contributed by atoms with Crippen molar-refractivity contribution in [1.29, 1.82) is 0 Å². The van der Waals surface area contributed by atoms with E-state index >= 15 is 0 Å². The first-order valence-corrected chi connectivity index (χ1v) is 8.94.